The first-order valence-electron chi connectivity index (χ1n) is 11.9. The monoisotopic (exact) mass is 677 g/mol. The Bertz CT molecular complexity index is 1530. The van der Waals surface area contributed by atoms with Crippen molar-refractivity contribution in [2.75, 3.05) is 9.21 Å². The Kier molecular flexibility index (Phi) is 9.45. The summed E-state index contributed by atoms with van der Waals surface area (Å²) in [6, 6.07) is 4.94. The van der Waals surface area contributed by atoms with Crippen molar-refractivity contribution in [3.63, 3.8) is 0 Å². The molecule has 0 aliphatic carbocycles. The Morgan fingerprint density at radius 2 is 1.51 bits per heavy atom. The van der Waals surface area contributed by atoms with Gasteiger partial charge in [0, 0.05) is 10.7 Å². The summed E-state index contributed by atoms with van der Waals surface area (Å²) >= 11 is 4.13. The van der Waals surface area contributed by atoms with Crippen LogP contribution in [0.3, 0.4) is 0 Å². The maximum atomic E-state index is 15.7. The molecule has 1 heterocycles. The van der Waals surface area contributed by atoms with Crippen LogP contribution >= 0.6 is 27.3 Å². The minimum Gasteiger partial charge on any atom is -0.443 e. The van der Waals surface area contributed by atoms with E-state index in [2.05, 4.69) is 20.9 Å². The molecule has 15 heteroatoms. The van der Waals surface area contributed by atoms with Gasteiger partial charge in [0.25, 0.3) is 10.0 Å². The highest BCUT2D eigenvalue weighted by Crippen LogP contribution is 2.37. The summed E-state index contributed by atoms with van der Waals surface area (Å²) in [5, 5.41) is 1.23. The van der Waals surface area contributed by atoms with E-state index in [4.69, 9.17) is 9.47 Å². The molecule has 0 spiro atoms. The zero-order chi connectivity index (χ0) is 30.9. The fraction of sp³-hybridized carbons (Fsp3) is 0.346. The summed E-state index contributed by atoms with van der Waals surface area (Å²) in [5.41, 5.74) is -1.75. The van der Waals surface area contributed by atoms with E-state index in [0.717, 1.165) is 17.4 Å². The second-order valence-corrected chi connectivity index (χ2v) is 13.5. The maximum absolute atomic E-state index is 15.7. The van der Waals surface area contributed by atoms with Gasteiger partial charge < -0.3 is 9.47 Å². The SMILES string of the molecule is CC(C)(C)OC(=O)N(c1cc(F)c(S(=O)(=O)N(C(=O)OC(C)(C)C)c2cscn2)c(F)c1)c1c(F)cccc1CBr. The van der Waals surface area contributed by atoms with Gasteiger partial charge in [0.05, 0.1) is 16.9 Å². The van der Waals surface area contributed by atoms with Gasteiger partial charge in [0.1, 0.15) is 28.7 Å². The van der Waals surface area contributed by atoms with Crippen molar-refractivity contribution < 1.29 is 40.7 Å². The van der Waals surface area contributed by atoms with Gasteiger partial charge in [-0.2, -0.15) is 0 Å². The molecule has 41 heavy (non-hydrogen) atoms. The second kappa shape index (κ2) is 12.0. The van der Waals surface area contributed by atoms with Crippen molar-refractivity contribution in [3.8, 4) is 0 Å². The topological polar surface area (TPSA) is 106 Å². The van der Waals surface area contributed by atoms with E-state index < -0.39 is 67.3 Å². The van der Waals surface area contributed by atoms with Crippen LogP contribution in [0.2, 0.25) is 0 Å². The number of ether oxygens (including phenoxy) is 2. The lowest BCUT2D eigenvalue weighted by molar-refractivity contribution is 0.0590. The fourth-order valence-corrected chi connectivity index (χ4v) is 5.90. The number of halogens is 4. The summed E-state index contributed by atoms with van der Waals surface area (Å²) in [4.78, 5) is 29.1. The molecule has 2 aromatic carbocycles. The third kappa shape index (κ3) is 7.38. The lowest BCUT2D eigenvalue weighted by atomic mass is 10.1. The lowest BCUT2D eigenvalue weighted by Crippen LogP contribution is -2.42. The molecule has 0 saturated heterocycles. The van der Waals surface area contributed by atoms with Crippen LogP contribution in [0.25, 0.3) is 0 Å². The number of sulfonamides is 1. The minimum atomic E-state index is -5.30. The van der Waals surface area contributed by atoms with Gasteiger partial charge in [0.2, 0.25) is 0 Å². The van der Waals surface area contributed by atoms with Crippen LogP contribution in [0.5, 0.6) is 0 Å². The van der Waals surface area contributed by atoms with Crippen molar-refractivity contribution >= 4 is 66.7 Å². The van der Waals surface area contributed by atoms with Crippen LogP contribution in [0.4, 0.5) is 40.0 Å². The number of thiazole rings is 1. The highest BCUT2D eigenvalue weighted by atomic mass is 79.9. The quantitative estimate of drug-likeness (QED) is 0.247. The number of carbonyl (C=O) groups excluding carboxylic acids is 2. The number of aromatic nitrogens is 1. The molecule has 0 N–H and O–H groups in total. The number of alkyl halides is 1. The predicted octanol–water partition coefficient (Wildman–Crippen LogP) is 7.66. The van der Waals surface area contributed by atoms with E-state index >= 15 is 13.2 Å². The molecule has 0 atom stereocenters. The zero-order valence-corrected chi connectivity index (χ0v) is 26.1. The lowest BCUT2D eigenvalue weighted by Gasteiger charge is -2.29. The van der Waals surface area contributed by atoms with E-state index in [1.54, 1.807) is 0 Å². The molecule has 0 aliphatic rings. The Hall–Kier alpha value is -3.17. The summed E-state index contributed by atoms with van der Waals surface area (Å²) in [6.45, 7) is 9.04. The minimum absolute atomic E-state index is 0.0430. The van der Waals surface area contributed by atoms with Gasteiger partial charge in [-0.15, -0.1) is 15.6 Å². The number of carbonyl (C=O) groups is 2. The number of amides is 2. The molecular formula is C26H27BrF3N3O6S2. The zero-order valence-electron chi connectivity index (χ0n) is 22.9. The summed E-state index contributed by atoms with van der Waals surface area (Å²) < 4.78 is 84.2. The van der Waals surface area contributed by atoms with Crippen molar-refractivity contribution in [3.05, 3.63) is 64.2 Å². The van der Waals surface area contributed by atoms with Crippen molar-refractivity contribution in [2.45, 2.75) is 63.0 Å². The standard InChI is InChI=1S/C26H27BrF3N3O6S2/c1-25(2,3)38-23(34)32(21-15(12-27)8-7-9-17(21)28)16-10-18(29)22(19(30)11-16)41(36,37)33(20-13-40-14-31-20)24(35)39-26(4,5)6/h7-11,13-14H,12H2,1-6H3. The Morgan fingerprint density at radius 3 is 2.00 bits per heavy atom. The van der Waals surface area contributed by atoms with Gasteiger partial charge in [-0.05, 0) is 65.3 Å². The van der Waals surface area contributed by atoms with Crippen LogP contribution < -0.4 is 9.21 Å². The Balaban J connectivity index is 2.24. The van der Waals surface area contributed by atoms with E-state index in [1.165, 1.54) is 64.6 Å². The molecule has 0 unspecified atom stereocenters. The van der Waals surface area contributed by atoms with Crippen LogP contribution in [0.15, 0.2) is 46.1 Å². The molecule has 3 rings (SSSR count). The summed E-state index contributed by atoms with van der Waals surface area (Å²) in [6.07, 6.45) is -2.63. The van der Waals surface area contributed by atoms with Crippen LogP contribution in [-0.4, -0.2) is 36.8 Å². The van der Waals surface area contributed by atoms with Crippen molar-refractivity contribution in [1.29, 1.82) is 0 Å². The van der Waals surface area contributed by atoms with E-state index in [0.29, 0.717) is 17.0 Å². The Labute approximate surface area is 248 Å². The Morgan fingerprint density at radius 1 is 0.951 bits per heavy atom. The molecule has 9 nitrogen and oxygen atoms in total. The first-order chi connectivity index (χ1) is 18.9. The van der Waals surface area contributed by atoms with Gasteiger partial charge in [-0.1, -0.05) is 28.1 Å². The number of hydrogen-bond donors (Lipinski definition) is 0. The van der Waals surface area contributed by atoms with Gasteiger partial charge in [-0.3, -0.25) is 0 Å². The fourth-order valence-electron chi connectivity index (χ4n) is 3.49. The largest absolute Gasteiger partial charge is 0.443 e. The molecule has 0 fully saturated rings. The number of benzene rings is 2. The third-order valence-electron chi connectivity index (χ3n) is 4.94. The highest BCUT2D eigenvalue weighted by molar-refractivity contribution is 9.08. The van der Waals surface area contributed by atoms with Crippen molar-refractivity contribution in [1.82, 2.24) is 4.98 Å². The first-order valence-corrected chi connectivity index (χ1v) is 15.4. The molecule has 0 radical (unpaired) electrons. The van der Waals surface area contributed by atoms with E-state index in [1.807, 2.05) is 0 Å². The van der Waals surface area contributed by atoms with Crippen LogP contribution in [-0.2, 0) is 24.8 Å². The normalized spacial score (nSPS) is 12.1. The molecule has 0 bridgehead atoms. The average molecular weight is 679 g/mol. The molecular weight excluding hydrogens is 651 g/mol. The van der Waals surface area contributed by atoms with Crippen LogP contribution in [0, 0.1) is 17.5 Å². The maximum Gasteiger partial charge on any atom is 0.430 e. The highest BCUT2D eigenvalue weighted by Gasteiger charge is 2.40. The van der Waals surface area contributed by atoms with Crippen LogP contribution in [0.1, 0.15) is 47.1 Å². The number of para-hydroxylation sites is 1. The predicted molar refractivity (Wildman–Crippen MR) is 152 cm³/mol. The van der Waals surface area contributed by atoms with Gasteiger partial charge >= 0.3 is 12.2 Å². The molecule has 0 saturated carbocycles. The van der Waals surface area contributed by atoms with Gasteiger partial charge in [-0.25, -0.2) is 41.1 Å². The second-order valence-electron chi connectivity index (χ2n) is 10.5. The third-order valence-corrected chi connectivity index (χ3v) is 7.84. The summed E-state index contributed by atoms with van der Waals surface area (Å²) in [5.74, 6) is -4.70. The number of anilines is 3. The molecule has 2 amide bonds. The first kappa shape index (κ1) is 32.3. The number of nitrogens with zero attached hydrogens (tertiary/aromatic N) is 3. The summed E-state index contributed by atoms with van der Waals surface area (Å²) in [7, 11) is -5.30. The van der Waals surface area contributed by atoms with E-state index in [-0.39, 0.29) is 20.9 Å². The molecule has 3 aromatic rings. The smallest absolute Gasteiger partial charge is 0.430 e. The van der Waals surface area contributed by atoms with Gasteiger partial charge in [0.15, 0.2) is 10.7 Å². The number of hydrogen-bond acceptors (Lipinski definition) is 8. The molecule has 0 aliphatic heterocycles. The molecule has 222 valence electrons. The van der Waals surface area contributed by atoms with Crippen molar-refractivity contribution in [2.24, 2.45) is 0 Å². The van der Waals surface area contributed by atoms with E-state index in [9.17, 15) is 18.0 Å². The molecule has 1 aromatic heterocycles. The average Bonchev–Trinajstić information content (AvgIpc) is 3.31. The number of rotatable bonds is 6.